The SMILES string of the molecule is COC(=O)[C@H]1OC2(O[C@H]1C(=O)OC)c1ccccc1-c1ccccc12. The molecule has 6 nitrogen and oxygen atoms in total. The van der Waals surface area contributed by atoms with Crippen molar-refractivity contribution in [2.75, 3.05) is 14.2 Å². The van der Waals surface area contributed by atoms with E-state index in [2.05, 4.69) is 0 Å². The fourth-order valence-corrected chi connectivity index (χ4v) is 3.49. The second kappa shape index (κ2) is 5.68. The third-order valence-corrected chi connectivity index (χ3v) is 4.58. The average molecular weight is 340 g/mol. The molecular formula is C19H16O6. The maximum absolute atomic E-state index is 12.2. The quantitative estimate of drug-likeness (QED) is 0.779. The molecule has 0 aromatic heterocycles. The van der Waals surface area contributed by atoms with Crippen molar-refractivity contribution in [1.29, 1.82) is 0 Å². The van der Waals surface area contributed by atoms with Crippen LogP contribution < -0.4 is 0 Å². The number of ether oxygens (including phenoxy) is 4. The maximum Gasteiger partial charge on any atom is 0.338 e. The van der Waals surface area contributed by atoms with Gasteiger partial charge in [-0.3, -0.25) is 0 Å². The number of benzene rings is 2. The number of rotatable bonds is 2. The molecule has 128 valence electrons. The van der Waals surface area contributed by atoms with Gasteiger partial charge in [-0.15, -0.1) is 0 Å². The molecule has 1 aliphatic carbocycles. The van der Waals surface area contributed by atoms with Crippen molar-refractivity contribution in [3.05, 3.63) is 59.7 Å². The number of fused-ring (bicyclic) bond motifs is 5. The van der Waals surface area contributed by atoms with Crippen LogP contribution in [0.15, 0.2) is 48.5 Å². The average Bonchev–Trinajstić information content (AvgIpc) is 3.20. The lowest BCUT2D eigenvalue weighted by molar-refractivity contribution is -0.172. The number of esters is 2. The van der Waals surface area contributed by atoms with Crippen molar-refractivity contribution >= 4 is 11.9 Å². The van der Waals surface area contributed by atoms with Gasteiger partial charge in [-0.2, -0.15) is 0 Å². The van der Waals surface area contributed by atoms with Crippen LogP contribution in [0.2, 0.25) is 0 Å². The van der Waals surface area contributed by atoms with Crippen molar-refractivity contribution in [3.63, 3.8) is 0 Å². The first-order chi connectivity index (χ1) is 12.1. The van der Waals surface area contributed by atoms with Gasteiger partial charge in [-0.1, -0.05) is 48.5 Å². The summed E-state index contributed by atoms with van der Waals surface area (Å²) in [6, 6.07) is 15.2. The number of methoxy groups -OCH3 is 2. The van der Waals surface area contributed by atoms with Crippen molar-refractivity contribution in [3.8, 4) is 11.1 Å². The highest BCUT2D eigenvalue weighted by molar-refractivity contribution is 5.87. The van der Waals surface area contributed by atoms with Gasteiger partial charge in [-0.25, -0.2) is 9.59 Å². The van der Waals surface area contributed by atoms with Crippen LogP contribution in [0.4, 0.5) is 0 Å². The molecule has 0 bridgehead atoms. The Balaban J connectivity index is 1.90. The lowest BCUT2D eigenvalue weighted by Crippen LogP contribution is -2.38. The first-order valence-corrected chi connectivity index (χ1v) is 7.83. The maximum atomic E-state index is 12.2. The Morgan fingerprint density at radius 2 is 1.20 bits per heavy atom. The van der Waals surface area contributed by atoms with E-state index in [4.69, 9.17) is 18.9 Å². The monoisotopic (exact) mass is 340 g/mol. The molecule has 2 aliphatic rings. The van der Waals surface area contributed by atoms with E-state index in [1.807, 2.05) is 48.5 Å². The third-order valence-electron chi connectivity index (χ3n) is 4.58. The zero-order valence-corrected chi connectivity index (χ0v) is 13.7. The van der Waals surface area contributed by atoms with Gasteiger partial charge in [0.1, 0.15) is 0 Å². The predicted octanol–water partition coefficient (Wildman–Crippen LogP) is 2.00. The Labute approximate surface area is 144 Å². The Hall–Kier alpha value is -2.70. The first-order valence-electron chi connectivity index (χ1n) is 7.83. The van der Waals surface area contributed by atoms with Gasteiger partial charge in [0.05, 0.1) is 14.2 Å². The van der Waals surface area contributed by atoms with Crippen molar-refractivity contribution in [2.24, 2.45) is 0 Å². The van der Waals surface area contributed by atoms with Crippen molar-refractivity contribution < 1.29 is 28.5 Å². The normalized spacial score (nSPS) is 22.3. The van der Waals surface area contributed by atoms with E-state index in [0.29, 0.717) is 0 Å². The molecule has 1 aliphatic heterocycles. The van der Waals surface area contributed by atoms with E-state index in [1.54, 1.807) is 0 Å². The number of carbonyl (C=O) groups excluding carboxylic acids is 2. The van der Waals surface area contributed by atoms with Gasteiger partial charge in [0.15, 0.2) is 12.2 Å². The fourth-order valence-electron chi connectivity index (χ4n) is 3.49. The highest BCUT2D eigenvalue weighted by Gasteiger charge is 2.59. The molecule has 1 heterocycles. The van der Waals surface area contributed by atoms with E-state index in [0.717, 1.165) is 22.3 Å². The van der Waals surface area contributed by atoms with E-state index < -0.39 is 29.9 Å². The summed E-state index contributed by atoms with van der Waals surface area (Å²) in [6.45, 7) is 0. The molecular weight excluding hydrogens is 324 g/mol. The smallest absolute Gasteiger partial charge is 0.338 e. The first kappa shape index (κ1) is 15.8. The molecule has 2 aromatic carbocycles. The molecule has 25 heavy (non-hydrogen) atoms. The molecule has 0 amide bonds. The summed E-state index contributed by atoms with van der Waals surface area (Å²) >= 11 is 0. The van der Waals surface area contributed by atoms with Crippen LogP contribution in [0, 0.1) is 0 Å². The molecule has 2 aromatic rings. The number of carbonyl (C=O) groups is 2. The Morgan fingerprint density at radius 3 is 1.60 bits per heavy atom. The van der Waals surface area contributed by atoms with Crippen molar-refractivity contribution in [2.45, 2.75) is 18.0 Å². The van der Waals surface area contributed by atoms with E-state index in [1.165, 1.54) is 14.2 Å². The van der Waals surface area contributed by atoms with Gasteiger partial charge >= 0.3 is 11.9 Å². The summed E-state index contributed by atoms with van der Waals surface area (Å²) in [5.74, 6) is -2.71. The van der Waals surface area contributed by atoms with Gasteiger partial charge in [0.25, 0.3) is 0 Å². The Kier molecular flexibility index (Phi) is 3.59. The summed E-state index contributed by atoms with van der Waals surface area (Å²) in [4.78, 5) is 24.3. The molecule has 0 N–H and O–H groups in total. The largest absolute Gasteiger partial charge is 0.467 e. The van der Waals surface area contributed by atoms with Gasteiger partial charge in [-0.05, 0) is 11.1 Å². The minimum absolute atomic E-state index is 0.686. The van der Waals surface area contributed by atoms with Crippen molar-refractivity contribution in [1.82, 2.24) is 0 Å². The summed E-state index contributed by atoms with van der Waals surface area (Å²) < 4.78 is 21.7. The van der Waals surface area contributed by atoms with Crippen LogP contribution in [0.25, 0.3) is 11.1 Å². The molecule has 1 saturated heterocycles. The van der Waals surface area contributed by atoms with Crippen LogP contribution in [0.1, 0.15) is 11.1 Å². The van der Waals surface area contributed by atoms with E-state index >= 15 is 0 Å². The molecule has 1 fully saturated rings. The standard InChI is InChI=1S/C19H16O6/c1-22-17(20)15-16(18(21)23-2)25-19(24-15)13-9-5-3-7-11(13)12-8-4-6-10-14(12)19/h3-10,15-16H,1-2H3/t15-,16+. The van der Waals surface area contributed by atoms with Gasteiger partial charge in [0, 0.05) is 11.1 Å². The lowest BCUT2D eigenvalue weighted by Gasteiger charge is -2.25. The predicted molar refractivity (Wildman–Crippen MR) is 86.4 cm³/mol. The molecule has 2 atom stereocenters. The summed E-state index contributed by atoms with van der Waals surface area (Å²) in [7, 11) is 2.48. The lowest BCUT2D eigenvalue weighted by atomic mass is 10.0. The minimum Gasteiger partial charge on any atom is -0.467 e. The second-order valence-electron chi connectivity index (χ2n) is 5.83. The van der Waals surface area contributed by atoms with Crippen LogP contribution in [0.5, 0.6) is 0 Å². The molecule has 0 saturated carbocycles. The van der Waals surface area contributed by atoms with Crippen LogP contribution in [-0.2, 0) is 34.3 Å². The molecule has 1 spiro atoms. The molecule has 0 unspecified atom stereocenters. The molecule has 6 heteroatoms. The highest BCUT2D eigenvalue weighted by Crippen LogP contribution is 2.54. The molecule has 0 radical (unpaired) electrons. The Morgan fingerprint density at radius 1 is 0.800 bits per heavy atom. The van der Waals surface area contributed by atoms with E-state index in [9.17, 15) is 9.59 Å². The number of hydrogen-bond donors (Lipinski definition) is 0. The molecule has 4 rings (SSSR count). The Bertz CT molecular complexity index is 787. The topological polar surface area (TPSA) is 71.1 Å². The number of hydrogen-bond acceptors (Lipinski definition) is 6. The van der Waals surface area contributed by atoms with Crippen LogP contribution in [-0.4, -0.2) is 38.4 Å². The zero-order valence-electron chi connectivity index (χ0n) is 13.7. The fraction of sp³-hybridized carbons (Fsp3) is 0.263. The second-order valence-corrected chi connectivity index (χ2v) is 5.83. The van der Waals surface area contributed by atoms with Gasteiger partial charge < -0.3 is 18.9 Å². The summed E-state index contributed by atoms with van der Waals surface area (Å²) in [5.41, 5.74) is 3.37. The van der Waals surface area contributed by atoms with E-state index in [-0.39, 0.29) is 0 Å². The summed E-state index contributed by atoms with van der Waals surface area (Å²) in [6.07, 6.45) is -2.42. The van der Waals surface area contributed by atoms with Gasteiger partial charge in [0.2, 0.25) is 5.79 Å². The van der Waals surface area contributed by atoms with Crippen LogP contribution in [0.3, 0.4) is 0 Å². The third kappa shape index (κ3) is 2.11. The van der Waals surface area contributed by atoms with Crippen LogP contribution >= 0.6 is 0 Å². The summed E-state index contributed by atoms with van der Waals surface area (Å²) in [5, 5.41) is 0. The zero-order chi connectivity index (χ0) is 17.6. The minimum atomic E-state index is -1.34. The highest BCUT2D eigenvalue weighted by atomic mass is 16.8.